The third-order valence-electron chi connectivity index (χ3n) is 3.79. The Labute approximate surface area is 194 Å². The first kappa shape index (κ1) is 24.0. The van der Waals surface area contributed by atoms with Gasteiger partial charge in [-0.05, 0) is 84.5 Å². The van der Waals surface area contributed by atoms with E-state index in [0.29, 0.717) is 45.3 Å². The number of carbonyl (C=O) groups is 2. The number of nitriles is 1. The monoisotopic (exact) mass is 535 g/mol. The van der Waals surface area contributed by atoms with E-state index < -0.39 is 11.8 Å². The van der Waals surface area contributed by atoms with Crippen molar-refractivity contribution in [3.63, 3.8) is 0 Å². The van der Waals surface area contributed by atoms with E-state index in [9.17, 15) is 14.9 Å². The van der Waals surface area contributed by atoms with Gasteiger partial charge in [-0.25, -0.2) is 0 Å². The Morgan fingerprint density at radius 1 is 1.13 bits per heavy atom. The van der Waals surface area contributed by atoms with Crippen LogP contribution in [0, 0.1) is 14.9 Å². The highest BCUT2D eigenvalue weighted by atomic mass is 127. The lowest BCUT2D eigenvalue weighted by atomic mass is 10.1. The summed E-state index contributed by atoms with van der Waals surface area (Å²) in [5.74, 6) is 0.281. The normalized spacial score (nSPS) is 10.7. The summed E-state index contributed by atoms with van der Waals surface area (Å²) in [7, 11) is 0. The molecule has 0 radical (unpaired) electrons. The quantitative estimate of drug-likeness (QED) is 0.273. The number of halogens is 1. The van der Waals surface area contributed by atoms with Crippen molar-refractivity contribution in [3.05, 3.63) is 51.1 Å². The summed E-state index contributed by atoms with van der Waals surface area (Å²) in [6, 6.07) is 12.1. The van der Waals surface area contributed by atoms with Gasteiger partial charge in [0.1, 0.15) is 17.4 Å². The second-order valence-corrected chi connectivity index (χ2v) is 7.26. The van der Waals surface area contributed by atoms with E-state index in [0.717, 1.165) is 0 Å². The van der Waals surface area contributed by atoms with Gasteiger partial charge in [-0.15, -0.1) is 0 Å². The molecule has 2 aromatic rings. The fourth-order valence-corrected chi connectivity index (χ4v) is 3.31. The number of anilines is 1. The van der Waals surface area contributed by atoms with Crippen LogP contribution in [0.3, 0.4) is 0 Å². The Bertz CT molecular complexity index is 1010. The summed E-state index contributed by atoms with van der Waals surface area (Å²) >= 11 is 2.02. The molecule has 0 saturated heterocycles. The molecule has 0 fully saturated rings. The lowest BCUT2D eigenvalue weighted by molar-refractivity contribution is -0.120. The number of rotatable bonds is 10. The van der Waals surface area contributed by atoms with Gasteiger partial charge >= 0.3 is 0 Å². The highest BCUT2D eigenvalue weighted by Gasteiger charge is 2.15. The molecule has 162 valence electrons. The maximum absolute atomic E-state index is 12.6. The van der Waals surface area contributed by atoms with Crippen molar-refractivity contribution in [1.29, 1.82) is 5.26 Å². The summed E-state index contributed by atoms with van der Waals surface area (Å²) in [5, 5.41) is 12.2. The molecule has 0 atom stereocenters. The van der Waals surface area contributed by atoms with Gasteiger partial charge in [0.25, 0.3) is 11.8 Å². The zero-order valence-electron chi connectivity index (χ0n) is 17.1. The molecule has 0 bridgehead atoms. The summed E-state index contributed by atoms with van der Waals surface area (Å²) in [6.07, 6.45) is 1.45. The van der Waals surface area contributed by atoms with E-state index in [1.165, 1.54) is 6.08 Å². The lowest BCUT2D eigenvalue weighted by Crippen LogP contribution is -2.20. The molecule has 0 aliphatic rings. The van der Waals surface area contributed by atoms with Gasteiger partial charge in [-0.1, -0.05) is 0 Å². The molecule has 3 N–H and O–H groups in total. The molecule has 8 nitrogen and oxygen atoms in total. The van der Waals surface area contributed by atoms with Gasteiger partial charge in [-0.3, -0.25) is 9.59 Å². The highest BCUT2D eigenvalue weighted by molar-refractivity contribution is 14.1. The number of hydrogen-bond donors (Lipinski definition) is 2. The minimum atomic E-state index is -0.611. The second-order valence-electron chi connectivity index (χ2n) is 6.10. The van der Waals surface area contributed by atoms with E-state index in [2.05, 4.69) is 5.32 Å². The Hall–Kier alpha value is -3.26. The molecule has 0 aromatic heterocycles. The van der Waals surface area contributed by atoms with Crippen LogP contribution in [0.4, 0.5) is 5.69 Å². The van der Waals surface area contributed by atoms with Gasteiger partial charge in [0, 0.05) is 5.69 Å². The largest absolute Gasteiger partial charge is 0.494 e. The molecule has 0 aliphatic carbocycles. The molecular formula is C22H22IN3O5. The zero-order valence-corrected chi connectivity index (χ0v) is 19.3. The molecule has 2 amide bonds. The summed E-state index contributed by atoms with van der Waals surface area (Å²) < 4.78 is 17.0. The van der Waals surface area contributed by atoms with Crippen LogP contribution in [-0.2, 0) is 9.59 Å². The highest BCUT2D eigenvalue weighted by Crippen LogP contribution is 2.35. The van der Waals surface area contributed by atoms with Crippen LogP contribution in [0.15, 0.2) is 42.0 Å². The van der Waals surface area contributed by atoms with Crippen molar-refractivity contribution < 1.29 is 23.8 Å². The number of amides is 2. The van der Waals surface area contributed by atoms with Crippen molar-refractivity contribution in [2.75, 3.05) is 25.1 Å². The number of benzene rings is 2. The number of nitrogens with two attached hydrogens (primary N) is 1. The molecule has 0 saturated carbocycles. The number of carbonyl (C=O) groups excluding carboxylic acids is 2. The van der Waals surface area contributed by atoms with Crippen molar-refractivity contribution in [2.45, 2.75) is 13.8 Å². The minimum absolute atomic E-state index is 0.0852. The Kier molecular flexibility index (Phi) is 9.14. The third kappa shape index (κ3) is 7.18. The van der Waals surface area contributed by atoms with Crippen LogP contribution in [0.2, 0.25) is 0 Å². The van der Waals surface area contributed by atoms with Gasteiger partial charge in [-0.2, -0.15) is 5.26 Å². The van der Waals surface area contributed by atoms with E-state index in [4.69, 9.17) is 19.9 Å². The predicted octanol–water partition coefficient (Wildman–Crippen LogP) is 3.50. The molecule has 2 aromatic carbocycles. The first-order chi connectivity index (χ1) is 14.9. The molecule has 0 spiro atoms. The molecule has 9 heteroatoms. The fourth-order valence-electron chi connectivity index (χ4n) is 2.53. The fraction of sp³-hybridized carbons (Fsp3) is 0.227. The molecular weight excluding hydrogens is 513 g/mol. The topological polar surface area (TPSA) is 124 Å². The molecule has 0 aliphatic heterocycles. The minimum Gasteiger partial charge on any atom is -0.494 e. The lowest BCUT2D eigenvalue weighted by Gasteiger charge is -2.14. The standard InChI is InChI=1S/C22H22IN3O5/c1-3-29-17-7-5-16(6-8-17)26-22(28)15(12-24)9-14-10-18(23)21(31-13-20(25)27)19(11-14)30-4-2/h5-11H,3-4,13H2,1-2H3,(H2,25,27)(H,26,28)/b15-9+. The van der Waals surface area contributed by atoms with Gasteiger partial charge in [0.05, 0.1) is 16.8 Å². The first-order valence-electron chi connectivity index (χ1n) is 9.41. The molecule has 0 unspecified atom stereocenters. The van der Waals surface area contributed by atoms with Crippen LogP contribution in [-0.4, -0.2) is 31.6 Å². The summed E-state index contributed by atoms with van der Waals surface area (Å²) in [5.41, 5.74) is 6.16. The van der Waals surface area contributed by atoms with Gasteiger partial charge in [0.2, 0.25) is 0 Å². The Balaban J connectivity index is 2.26. The van der Waals surface area contributed by atoms with E-state index in [-0.39, 0.29) is 12.2 Å². The zero-order chi connectivity index (χ0) is 22.8. The average molecular weight is 535 g/mol. The van der Waals surface area contributed by atoms with Gasteiger partial charge in [0.15, 0.2) is 18.1 Å². The third-order valence-corrected chi connectivity index (χ3v) is 4.59. The second kappa shape index (κ2) is 11.8. The Morgan fingerprint density at radius 2 is 1.81 bits per heavy atom. The summed E-state index contributed by atoms with van der Waals surface area (Å²) in [4.78, 5) is 23.6. The van der Waals surface area contributed by atoms with E-state index in [1.807, 2.05) is 35.6 Å². The number of ether oxygens (including phenoxy) is 3. The van der Waals surface area contributed by atoms with Crippen molar-refractivity contribution in [3.8, 4) is 23.3 Å². The SMILES string of the molecule is CCOc1ccc(NC(=O)/C(C#N)=C/c2cc(I)c(OCC(N)=O)c(OCC)c2)cc1. The van der Waals surface area contributed by atoms with Crippen molar-refractivity contribution in [1.82, 2.24) is 0 Å². The smallest absolute Gasteiger partial charge is 0.266 e. The van der Waals surface area contributed by atoms with Gasteiger partial charge < -0.3 is 25.3 Å². The van der Waals surface area contributed by atoms with Crippen LogP contribution < -0.4 is 25.3 Å². The number of nitrogens with one attached hydrogen (secondary N) is 1. The number of primary amides is 1. The molecule has 2 rings (SSSR count). The summed E-state index contributed by atoms with van der Waals surface area (Å²) in [6.45, 7) is 4.30. The van der Waals surface area contributed by atoms with Crippen LogP contribution in [0.1, 0.15) is 19.4 Å². The van der Waals surface area contributed by atoms with E-state index in [1.54, 1.807) is 43.3 Å². The maximum atomic E-state index is 12.6. The number of nitrogens with zero attached hydrogens (tertiary/aromatic N) is 1. The van der Waals surface area contributed by atoms with Crippen LogP contribution in [0.25, 0.3) is 6.08 Å². The average Bonchev–Trinajstić information content (AvgIpc) is 2.73. The van der Waals surface area contributed by atoms with Crippen molar-refractivity contribution >= 4 is 46.2 Å². The van der Waals surface area contributed by atoms with Crippen LogP contribution >= 0.6 is 22.6 Å². The van der Waals surface area contributed by atoms with Crippen LogP contribution in [0.5, 0.6) is 17.2 Å². The maximum Gasteiger partial charge on any atom is 0.266 e. The first-order valence-corrected chi connectivity index (χ1v) is 10.5. The molecule has 31 heavy (non-hydrogen) atoms. The predicted molar refractivity (Wildman–Crippen MR) is 125 cm³/mol. The van der Waals surface area contributed by atoms with E-state index >= 15 is 0 Å². The number of hydrogen-bond acceptors (Lipinski definition) is 6. The van der Waals surface area contributed by atoms with Crippen molar-refractivity contribution in [2.24, 2.45) is 5.73 Å². The molecule has 0 heterocycles. The Morgan fingerprint density at radius 3 is 2.39 bits per heavy atom.